The third kappa shape index (κ3) is 5.51. The number of nitrogens with zero attached hydrogens (tertiary/aromatic N) is 4. The van der Waals surface area contributed by atoms with Crippen molar-refractivity contribution < 1.29 is 23.5 Å². The molecule has 1 heterocycles. The fourth-order valence-corrected chi connectivity index (χ4v) is 3.01. The van der Waals surface area contributed by atoms with E-state index in [1.807, 2.05) is 0 Å². The minimum absolute atomic E-state index is 0.282. The van der Waals surface area contributed by atoms with Crippen LogP contribution in [-0.4, -0.2) is 45.7 Å². The quantitative estimate of drug-likeness (QED) is 0.413. The van der Waals surface area contributed by atoms with Crippen molar-refractivity contribution in [2.75, 3.05) is 24.4 Å². The SMILES string of the molecule is COc1cc(C(=O)Nc2cccc(-n3cnnn3)c2)ccc1OCC(=O)Nc1ccc(F)cc1. The van der Waals surface area contributed by atoms with Crippen LogP contribution in [0.5, 0.6) is 11.5 Å². The smallest absolute Gasteiger partial charge is 0.262 e. The average molecular weight is 462 g/mol. The summed E-state index contributed by atoms with van der Waals surface area (Å²) >= 11 is 0. The summed E-state index contributed by atoms with van der Waals surface area (Å²) < 4.78 is 25.3. The van der Waals surface area contributed by atoms with Crippen LogP contribution >= 0.6 is 0 Å². The van der Waals surface area contributed by atoms with Crippen LogP contribution < -0.4 is 20.1 Å². The summed E-state index contributed by atoms with van der Waals surface area (Å²) in [6.07, 6.45) is 1.45. The zero-order chi connectivity index (χ0) is 23.9. The Labute approximate surface area is 193 Å². The van der Waals surface area contributed by atoms with E-state index >= 15 is 0 Å². The molecular formula is C23H19FN6O4. The number of methoxy groups -OCH3 is 1. The molecule has 4 rings (SSSR count). The summed E-state index contributed by atoms with van der Waals surface area (Å²) in [7, 11) is 1.43. The van der Waals surface area contributed by atoms with E-state index in [-0.39, 0.29) is 24.0 Å². The van der Waals surface area contributed by atoms with Crippen LogP contribution in [0.25, 0.3) is 5.69 Å². The molecule has 0 atom stereocenters. The van der Waals surface area contributed by atoms with E-state index in [4.69, 9.17) is 9.47 Å². The second-order valence-corrected chi connectivity index (χ2v) is 6.97. The summed E-state index contributed by atoms with van der Waals surface area (Å²) in [5.74, 6) is -0.632. The van der Waals surface area contributed by atoms with Crippen LogP contribution in [0.3, 0.4) is 0 Å². The third-order valence-electron chi connectivity index (χ3n) is 4.63. The molecule has 0 aliphatic carbocycles. The van der Waals surface area contributed by atoms with Gasteiger partial charge in [-0.1, -0.05) is 6.07 Å². The van der Waals surface area contributed by atoms with Crippen molar-refractivity contribution in [3.63, 3.8) is 0 Å². The highest BCUT2D eigenvalue weighted by Crippen LogP contribution is 2.28. The standard InChI is InChI=1S/C23H19FN6O4/c1-33-21-11-15(23(32)27-18-3-2-4-19(12-18)30-14-25-28-29-30)5-10-20(21)34-13-22(31)26-17-8-6-16(24)7-9-17/h2-12,14H,13H2,1H3,(H,26,31)(H,27,32). The first-order chi connectivity index (χ1) is 16.5. The lowest BCUT2D eigenvalue weighted by atomic mass is 10.1. The van der Waals surface area contributed by atoms with E-state index in [0.29, 0.717) is 22.6 Å². The van der Waals surface area contributed by atoms with Gasteiger partial charge in [-0.15, -0.1) is 5.10 Å². The Kier molecular flexibility index (Phi) is 6.73. The minimum Gasteiger partial charge on any atom is -0.493 e. The van der Waals surface area contributed by atoms with Crippen molar-refractivity contribution in [2.45, 2.75) is 0 Å². The van der Waals surface area contributed by atoms with Crippen LogP contribution in [-0.2, 0) is 4.79 Å². The van der Waals surface area contributed by atoms with Crippen molar-refractivity contribution in [1.29, 1.82) is 0 Å². The van der Waals surface area contributed by atoms with Gasteiger partial charge in [-0.2, -0.15) is 0 Å². The summed E-state index contributed by atoms with van der Waals surface area (Å²) in [5, 5.41) is 16.4. The lowest BCUT2D eigenvalue weighted by Gasteiger charge is -2.13. The molecule has 0 spiro atoms. The molecule has 2 N–H and O–H groups in total. The predicted molar refractivity (Wildman–Crippen MR) is 121 cm³/mol. The van der Waals surface area contributed by atoms with Gasteiger partial charge in [0.15, 0.2) is 18.1 Å². The molecule has 0 bridgehead atoms. The van der Waals surface area contributed by atoms with Crippen molar-refractivity contribution in [3.05, 3.63) is 84.4 Å². The number of ether oxygens (including phenoxy) is 2. The Morgan fingerprint density at radius 2 is 1.79 bits per heavy atom. The number of halogens is 1. The number of carbonyl (C=O) groups is 2. The van der Waals surface area contributed by atoms with Gasteiger partial charge in [-0.25, -0.2) is 9.07 Å². The predicted octanol–water partition coefficient (Wildman–Crippen LogP) is 3.08. The van der Waals surface area contributed by atoms with Crippen molar-refractivity contribution in [3.8, 4) is 17.2 Å². The number of tetrazole rings is 1. The number of rotatable bonds is 8. The first-order valence-corrected chi connectivity index (χ1v) is 10.0. The molecule has 0 aliphatic heterocycles. The Morgan fingerprint density at radius 3 is 2.53 bits per heavy atom. The largest absolute Gasteiger partial charge is 0.493 e. The van der Waals surface area contributed by atoms with Crippen LogP contribution in [0.1, 0.15) is 10.4 Å². The lowest BCUT2D eigenvalue weighted by molar-refractivity contribution is -0.118. The van der Waals surface area contributed by atoms with Gasteiger partial charge in [-0.05, 0) is 71.1 Å². The number of amides is 2. The van der Waals surface area contributed by atoms with Crippen molar-refractivity contribution in [1.82, 2.24) is 20.2 Å². The normalized spacial score (nSPS) is 10.4. The number of hydrogen-bond acceptors (Lipinski definition) is 7. The van der Waals surface area contributed by atoms with E-state index < -0.39 is 11.7 Å². The lowest BCUT2D eigenvalue weighted by Crippen LogP contribution is -2.20. The molecule has 10 nitrogen and oxygen atoms in total. The average Bonchev–Trinajstić information content (AvgIpc) is 3.39. The highest BCUT2D eigenvalue weighted by Gasteiger charge is 2.13. The fraction of sp³-hybridized carbons (Fsp3) is 0.0870. The van der Waals surface area contributed by atoms with Crippen LogP contribution in [0, 0.1) is 5.82 Å². The molecular weight excluding hydrogens is 443 g/mol. The molecule has 0 aliphatic rings. The van der Waals surface area contributed by atoms with Gasteiger partial charge < -0.3 is 20.1 Å². The molecule has 172 valence electrons. The van der Waals surface area contributed by atoms with Gasteiger partial charge in [0.1, 0.15) is 12.1 Å². The van der Waals surface area contributed by atoms with E-state index in [1.54, 1.807) is 30.3 Å². The number of nitrogens with one attached hydrogen (secondary N) is 2. The zero-order valence-corrected chi connectivity index (χ0v) is 17.9. The van der Waals surface area contributed by atoms with E-state index in [1.165, 1.54) is 54.5 Å². The maximum Gasteiger partial charge on any atom is 0.262 e. The maximum atomic E-state index is 13.0. The molecule has 2 amide bonds. The first kappa shape index (κ1) is 22.4. The maximum absolute atomic E-state index is 13.0. The van der Waals surface area contributed by atoms with E-state index in [0.717, 1.165) is 0 Å². The van der Waals surface area contributed by atoms with E-state index in [9.17, 15) is 14.0 Å². The number of hydrogen-bond donors (Lipinski definition) is 2. The van der Waals surface area contributed by atoms with Crippen molar-refractivity contribution >= 4 is 23.2 Å². The highest BCUT2D eigenvalue weighted by atomic mass is 19.1. The fourth-order valence-electron chi connectivity index (χ4n) is 3.01. The zero-order valence-electron chi connectivity index (χ0n) is 17.9. The van der Waals surface area contributed by atoms with Crippen LogP contribution in [0.4, 0.5) is 15.8 Å². The molecule has 0 saturated carbocycles. The van der Waals surface area contributed by atoms with Gasteiger partial charge in [0, 0.05) is 16.9 Å². The molecule has 4 aromatic rings. The molecule has 34 heavy (non-hydrogen) atoms. The second-order valence-electron chi connectivity index (χ2n) is 6.97. The Balaban J connectivity index is 1.39. The highest BCUT2D eigenvalue weighted by molar-refractivity contribution is 6.04. The third-order valence-corrected chi connectivity index (χ3v) is 4.63. The summed E-state index contributed by atoms with van der Waals surface area (Å²) in [6, 6.07) is 17.0. The van der Waals surface area contributed by atoms with Crippen LogP contribution in [0.15, 0.2) is 73.1 Å². The van der Waals surface area contributed by atoms with Gasteiger partial charge in [0.05, 0.1) is 12.8 Å². The first-order valence-electron chi connectivity index (χ1n) is 10.0. The summed E-state index contributed by atoms with van der Waals surface area (Å²) in [5.41, 5.74) is 2.00. The number of carbonyl (C=O) groups excluding carboxylic acids is 2. The topological polar surface area (TPSA) is 120 Å². The molecule has 11 heteroatoms. The van der Waals surface area contributed by atoms with Crippen molar-refractivity contribution in [2.24, 2.45) is 0 Å². The Bertz CT molecular complexity index is 1300. The number of benzene rings is 3. The van der Waals surface area contributed by atoms with E-state index in [2.05, 4.69) is 26.2 Å². The molecule has 0 fully saturated rings. The van der Waals surface area contributed by atoms with Gasteiger partial charge in [0.25, 0.3) is 11.8 Å². The van der Waals surface area contributed by atoms with Gasteiger partial charge >= 0.3 is 0 Å². The van der Waals surface area contributed by atoms with Gasteiger partial charge in [0.2, 0.25) is 0 Å². The minimum atomic E-state index is -0.432. The summed E-state index contributed by atoms with van der Waals surface area (Å²) in [6.45, 7) is -0.302. The van der Waals surface area contributed by atoms with Gasteiger partial charge in [-0.3, -0.25) is 9.59 Å². The molecule has 0 saturated heterocycles. The number of anilines is 2. The van der Waals surface area contributed by atoms with Crippen LogP contribution in [0.2, 0.25) is 0 Å². The Morgan fingerprint density at radius 1 is 0.971 bits per heavy atom. The Hall–Kier alpha value is -4.80. The molecule has 1 aromatic heterocycles. The second kappa shape index (κ2) is 10.2. The molecule has 0 unspecified atom stereocenters. The number of aromatic nitrogens is 4. The monoisotopic (exact) mass is 462 g/mol. The molecule has 0 radical (unpaired) electrons. The summed E-state index contributed by atoms with van der Waals surface area (Å²) in [4.78, 5) is 24.9. The molecule has 3 aromatic carbocycles.